The highest BCUT2D eigenvalue weighted by molar-refractivity contribution is 6.02. The van der Waals surface area contributed by atoms with Gasteiger partial charge in [-0.1, -0.05) is 12.1 Å². The second-order valence-electron chi connectivity index (χ2n) is 8.43. The van der Waals surface area contributed by atoms with Crippen LogP contribution in [-0.2, 0) is 9.53 Å². The van der Waals surface area contributed by atoms with Crippen molar-refractivity contribution < 1.29 is 29.0 Å². The van der Waals surface area contributed by atoms with Crippen molar-refractivity contribution in [2.24, 2.45) is 0 Å². The number of likely N-dealkylation sites (N-methyl/N-ethyl adjacent to an activating group) is 1. The van der Waals surface area contributed by atoms with E-state index >= 15 is 0 Å². The minimum Gasteiger partial charge on any atom is -0.490 e. The number of carbonyl (C=O) groups is 3. The molecule has 0 aromatic heterocycles. The quantitative estimate of drug-likeness (QED) is 0.652. The van der Waals surface area contributed by atoms with Gasteiger partial charge in [0.1, 0.15) is 18.5 Å². The summed E-state index contributed by atoms with van der Waals surface area (Å²) in [5, 5.41) is 14.6. The molecule has 3 N–H and O–H groups in total. The van der Waals surface area contributed by atoms with Crippen LogP contribution in [-0.4, -0.2) is 59.8 Å². The van der Waals surface area contributed by atoms with Gasteiger partial charge in [0, 0.05) is 18.4 Å². The van der Waals surface area contributed by atoms with E-state index in [2.05, 4.69) is 10.6 Å². The van der Waals surface area contributed by atoms with Crippen LogP contribution in [0.1, 0.15) is 35.2 Å². The van der Waals surface area contributed by atoms with Crippen LogP contribution in [0.2, 0.25) is 0 Å². The molecule has 2 aliphatic rings. The van der Waals surface area contributed by atoms with Gasteiger partial charge in [0.25, 0.3) is 5.91 Å². The molecule has 33 heavy (non-hydrogen) atoms. The molecule has 1 saturated heterocycles. The number of anilines is 2. The molecule has 1 fully saturated rings. The number of benzene rings is 2. The van der Waals surface area contributed by atoms with Gasteiger partial charge in [-0.25, -0.2) is 4.79 Å². The molecule has 2 heterocycles. The Balaban J connectivity index is 1.48. The number of fused-ring (bicyclic) bond motifs is 2. The maximum atomic E-state index is 13.2. The number of hydrogen-bond donors (Lipinski definition) is 3. The first kappa shape index (κ1) is 22.6. The Morgan fingerprint density at radius 3 is 2.61 bits per heavy atom. The topological polar surface area (TPSA) is 117 Å². The first-order valence-electron chi connectivity index (χ1n) is 10.9. The third-order valence-electron chi connectivity index (χ3n) is 5.95. The summed E-state index contributed by atoms with van der Waals surface area (Å²) in [4.78, 5) is 38.3. The molecule has 3 atom stereocenters. The van der Waals surface area contributed by atoms with Gasteiger partial charge in [0.15, 0.2) is 0 Å². The lowest BCUT2D eigenvalue weighted by Gasteiger charge is -2.42. The van der Waals surface area contributed by atoms with Crippen LogP contribution in [0.5, 0.6) is 5.75 Å². The fourth-order valence-corrected chi connectivity index (χ4v) is 4.32. The van der Waals surface area contributed by atoms with Gasteiger partial charge in [-0.05, 0) is 55.7 Å². The number of aliphatic carboxylic acids is 1. The Kier molecular flexibility index (Phi) is 6.50. The summed E-state index contributed by atoms with van der Waals surface area (Å²) in [5.74, 6) is -0.770. The summed E-state index contributed by atoms with van der Waals surface area (Å²) in [5.41, 5.74) is 2.50. The highest BCUT2D eigenvalue weighted by Gasteiger charge is 2.39. The molecule has 0 saturated carbocycles. The average molecular weight is 453 g/mol. The van der Waals surface area contributed by atoms with E-state index in [0.29, 0.717) is 35.5 Å². The number of carbonyl (C=O) groups excluding carboxylic acids is 2. The molecule has 2 aromatic carbocycles. The number of ether oxygens (including phenoxy) is 2. The number of carboxylic acids is 1. The van der Waals surface area contributed by atoms with Crippen LogP contribution in [0.15, 0.2) is 42.5 Å². The summed E-state index contributed by atoms with van der Waals surface area (Å²) in [6.07, 6.45) is 0.298. The molecular formula is C24H27N3O6. The Labute approximate surface area is 191 Å². The summed E-state index contributed by atoms with van der Waals surface area (Å²) in [7, 11) is 1.71. The van der Waals surface area contributed by atoms with Crippen LogP contribution >= 0.6 is 0 Å². The van der Waals surface area contributed by atoms with Gasteiger partial charge in [-0.2, -0.15) is 0 Å². The lowest BCUT2D eigenvalue weighted by atomic mass is 9.94. The number of hydrogen-bond acceptors (Lipinski definition) is 5. The van der Waals surface area contributed by atoms with E-state index in [1.54, 1.807) is 36.2 Å². The van der Waals surface area contributed by atoms with Crippen LogP contribution in [0.25, 0.3) is 0 Å². The lowest BCUT2D eigenvalue weighted by Crippen LogP contribution is -2.53. The third kappa shape index (κ3) is 5.25. The van der Waals surface area contributed by atoms with E-state index in [4.69, 9.17) is 14.6 Å². The molecule has 4 rings (SSSR count). The number of amides is 3. The zero-order chi connectivity index (χ0) is 23.5. The minimum atomic E-state index is -0.911. The summed E-state index contributed by atoms with van der Waals surface area (Å²) >= 11 is 0. The van der Waals surface area contributed by atoms with Gasteiger partial charge in [-0.15, -0.1) is 0 Å². The molecule has 9 nitrogen and oxygen atoms in total. The fraction of sp³-hybridized carbons (Fsp3) is 0.375. The molecule has 2 aromatic rings. The van der Waals surface area contributed by atoms with Crippen LogP contribution in [0, 0.1) is 6.92 Å². The molecule has 9 heteroatoms. The summed E-state index contributed by atoms with van der Waals surface area (Å²) in [6, 6.07) is 11.7. The Morgan fingerprint density at radius 1 is 1.12 bits per heavy atom. The average Bonchev–Trinajstić information content (AvgIpc) is 2.76. The fourth-order valence-electron chi connectivity index (χ4n) is 4.32. The standard InChI is InChI=1S/C24H27N3O6/c1-14-4-3-5-15(10-14)25-24(31)26-16-6-9-20-18(11-16)23(30)27(2)19-8-7-17(12-22(28)29)33-21(19)13-32-20/h3-6,9-11,17,19,21H,7-8,12-13H2,1-2H3,(H,28,29)(H2,25,26,31)/t17-,19+,21-/m1/s1. The maximum absolute atomic E-state index is 13.2. The molecule has 0 aliphatic carbocycles. The van der Waals surface area contributed by atoms with Crippen molar-refractivity contribution in [2.75, 3.05) is 24.3 Å². The number of nitrogens with one attached hydrogen (secondary N) is 2. The highest BCUT2D eigenvalue weighted by Crippen LogP contribution is 2.32. The molecule has 0 unspecified atom stereocenters. The van der Waals surface area contributed by atoms with Crippen molar-refractivity contribution in [3.05, 3.63) is 53.6 Å². The van der Waals surface area contributed by atoms with E-state index in [1.807, 2.05) is 25.1 Å². The predicted molar refractivity (Wildman–Crippen MR) is 122 cm³/mol. The van der Waals surface area contributed by atoms with E-state index in [1.165, 1.54) is 0 Å². The predicted octanol–water partition coefficient (Wildman–Crippen LogP) is 3.49. The zero-order valence-corrected chi connectivity index (χ0v) is 18.5. The van der Waals surface area contributed by atoms with Crippen LogP contribution in [0.4, 0.5) is 16.2 Å². The SMILES string of the molecule is Cc1cccc(NC(=O)Nc2ccc3c(c2)C(=O)N(C)[C@H]2CC[C@H](CC(=O)O)O[C@@H]2CO3)c1. The van der Waals surface area contributed by atoms with E-state index in [0.717, 1.165) is 5.56 Å². The van der Waals surface area contributed by atoms with E-state index in [-0.39, 0.29) is 25.0 Å². The van der Waals surface area contributed by atoms with Crippen molar-refractivity contribution in [2.45, 2.75) is 44.4 Å². The van der Waals surface area contributed by atoms with Crippen molar-refractivity contribution >= 4 is 29.3 Å². The van der Waals surface area contributed by atoms with Crippen molar-refractivity contribution in [1.29, 1.82) is 0 Å². The van der Waals surface area contributed by atoms with Gasteiger partial charge in [-0.3, -0.25) is 9.59 Å². The van der Waals surface area contributed by atoms with Crippen molar-refractivity contribution in [1.82, 2.24) is 4.90 Å². The molecule has 0 radical (unpaired) electrons. The Hall–Kier alpha value is -3.59. The Bertz CT molecular complexity index is 1070. The third-order valence-corrected chi connectivity index (χ3v) is 5.95. The van der Waals surface area contributed by atoms with Crippen molar-refractivity contribution in [3.63, 3.8) is 0 Å². The molecule has 2 aliphatic heterocycles. The number of nitrogens with zero attached hydrogens (tertiary/aromatic N) is 1. The second kappa shape index (κ2) is 9.50. The van der Waals surface area contributed by atoms with Gasteiger partial charge in [0.2, 0.25) is 0 Å². The number of rotatable bonds is 4. The first-order valence-corrected chi connectivity index (χ1v) is 10.9. The summed E-state index contributed by atoms with van der Waals surface area (Å²) < 4.78 is 11.8. The molecule has 0 bridgehead atoms. The monoisotopic (exact) mass is 453 g/mol. The summed E-state index contributed by atoms with van der Waals surface area (Å²) in [6.45, 7) is 2.14. The largest absolute Gasteiger partial charge is 0.490 e. The molecule has 3 amide bonds. The van der Waals surface area contributed by atoms with E-state index < -0.39 is 24.2 Å². The normalized spacial score (nSPS) is 22.2. The smallest absolute Gasteiger partial charge is 0.323 e. The number of urea groups is 1. The second-order valence-corrected chi connectivity index (χ2v) is 8.43. The van der Waals surface area contributed by atoms with Crippen molar-refractivity contribution in [3.8, 4) is 5.75 Å². The highest BCUT2D eigenvalue weighted by atomic mass is 16.5. The zero-order valence-electron chi connectivity index (χ0n) is 18.5. The molecule has 174 valence electrons. The van der Waals surface area contributed by atoms with Gasteiger partial charge >= 0.3 is 12.0 Å². The Morgan fingerprint density at radius 2 is 1.88 bits per heavy atom. The number of carboxylic acid groups (broad SMARTS) is 1. The molecule has 0 spiro atoms. The van der Waals surface area contributed by atoms with Gasteiger partial charge in [0.05, 0.1) is 24.1 Å². The lowest BCUT2D eigenvalue weighted by molar-refractivity contribution is -0.148. The molecular weight excluding hydrogens is 426 g/mol. The maximum Gasteiger partial charge on any atom is 0.323 e. The first-order chi connectivity index (χ1) is 15.8. The van der Waals surface area contributed by atoms with E-state index in [9.17, 15) is 14.4 Å². The minimum absolute atomic E-state index is 0.0723. The van der Waals surface area contributed by atoms with Crippen LogP contribution in [0.3, 0.4) is 0 Å². The van der Waals surface area contributed by atoms with Gasteiger partial charge < -0.3 is 30.1 Å². The van der Waals surface area contributed by atoms with Crippen LogP contribution < -0.4 is 15.4 Å². The number of aryl methyl sites for hydroxylation is 1.